The largest absolute Gasteiger partial charge is 0.669 e. The van der Waals surface area contributed by atoms with Crippen molar-refractivity contribution in [3.63, 3.8) is 0 Å². The van der Waals surface area contributed by atoms with Gasteiger partial charge < -0.3 is 35.2 Å². The normalized spacial score (nSPS) is 19.1. The first kappa shape index (κ1) is 20.1. The molecule has 0 spiro atoms. The van der Waals surface area contributed by atoms with Crippen LogP contribution in [0.15, 0.2) is 12.1 Å². The van der Waals surface area contributed by atoms with Gasteiger partial charge in [-0.3, -0.25) is 9.59 Å². The van der Waals surface area contributed by atoms with Crippen molar-refractivity contribution in [2.75, 3.05) is 13.1 Å². The number of rotatable bonds is 6. The SMILES string of the molecule is CC(=O)C[C@H](N)C(=O)N1CC(Oc2ccc3c(c2C(=O)O)O[B-](O)(O)CC3)C1. The molecule has 1 atom stereocenters. The summed E-state index contributed by atoms with van der Waals surface area (Å²) in [5.74, 6) is -1.96. The maximum Gasteiger partial charge on any atom is 0.430 e. The van der Waals surface area contributed by atoms with Crippen LogP contribution in [0.2, 0.25) is 6.32 Å². The predicted octanol–water partition coefficient (Wildman–Crippen LogP) is -0.861. The van der Waals surface area contributed by atoms with Gasteiger partial charge in [-0.2, -0.15) is 0 Å². The molecule has 152 valence electrons. The molecule has 1 aromatic carbocycles. The summed E-state index contributed by atoms with van der Waals surface area (Å²) in [6.07, 6.45) is -0.251. The van der Waals surface area contributed by atoms with Crippen LogP contribution in [0.3, 0.4) is 0 Å². The molecule has 11 heteroatoms. The molecule has 1 saturated heterocycles. The van der Waals surface area contributed by atoms with Crippen molar-refractivity contribution in [1.29, 1.82) is 0 Å². The number of carbonyl (C=O) groups is 3. The van der Waals surface area contributed by atoms with E-state index in [1.165, 1.54) is 17.9 Å². The lowest BCUT2D eigenvalue weighted by molar-refractivity contribution is -0.142. The molecule has 0 bridgehead atoms. The molecule has 1 fully saturated rings. The van der Waals surface area contributed by atoms with Gasteiger partial charge in [-0.1, -0.05) is 12.4 Å². The van der Waals surface area contributed by atoms with Crippen LogP contribution in [0.1, 0.15) is 29.3 Å². The van der Waals surface area contributed by atoms with Gasteiger partial charge in [0.2, 0.25) is 5.91 Å². The van der Waals surface area contributed by atoms with Crippen LogP contribution in [-0.2, 0) is 16.0 Å². The molecule has 28 heavy (non-hydrogen) atoms. The highest BCUT2D eigenvalue weighted by Crippen LogP contribution is 2.38. The molecule has 1 aromatic rings. The first-order chi connectivity index (χ1) is 13.1. The topological polar surface area (TPSA) is 160 Å². The quantitative estimate of drug-likeness (QED) is 0.451. The van der Waals surface area contributed by atoms with Gasteiger partial charge >= 0.3 is 12.7 Å². The number of benzene rings is 1. The zero-order chi connectivity index (χ0) is 20.6. The number of carboxylic acid groups (broad SMARTS) is 1. The highest BCUT2D eigenvalue weighted by Gasteiger charge is 2.37. The summed E-state index contributed by atoms with van der Waals surface area (Å²) in [5.41, 5.74) is 5.96. The van der Waals surface area contributed by atoms with Gasteiger partial charge in [0.25, 0.3) is 0 Å². The fourth-order valence-corrected chi connectivity index (χ4v) is 3.33. The van der Waals surface area contributed by atoms with Gasteiger partial charge in [-0.25, -0.2) is 4.79 Å². The highest BCUT2D eigenvalue weighted by molar-refractivity contribution is 6.59. The molecule has 2 heterocycles. The fraction of sp³-hybridized carbons (Fsp3) is 0.471. The van der Waals surface area contributed by atoms with Gasteiger partial charge in [0.15, 0.2) is 0 Å². The van der Waals surface area contributed by atoms with Crippen LogP contribution < -0.4 is 15.1 Å². The number of fused-ring (bicyclic) bond motifs is 1. The van der Waals surface area contributed by atoms with E-state index >= 15 is 0 Å². The third kappa shape index (κ3) is 4.11. The number of likely N-dealkylation sites (tertiary alicyclic amines) is 1. The number of carboxylic acids is 1. The Bertz CT molecular complexity index is 822. The van der Waals surface area contributed by atoms with Gasteiger partial charge in [0, 0.05) is 6.42 Å². The average molecular weight is 393 g/mol. The fourth-order valence-electron chi connectivity index (χ4n) is 3.33. The number of amides is 1. The number of hydrogen-bond donors (Lipinski definition) is 4. The number of ether oxygens (including phenoxy) is 1. The minimum absolute atomic E-state index is 0.0184. The Hall–Kier alpha value is -2.63. The monoisotopic (exact) mass is 393 g/mol. The number of hydrogen-bond acceptors (Lipinski definition) is 8. The average Bonchev–Trinajstić information content (AvgIpc) is 2.54. The maximum atomic E-state index is 12.1. The molecular weight excluding hydrogens is 371 g/mol. The number of nitrogens with zero attached hydrogens (tertiary/aromatic N) is 1. The van der Waals surface area contributed by atoms with E-state index in [0.29, 0.717) is 5.56 Å². The molecule has 0 radical (unpaired) electrons. The van der Waals surface area contributed by atoms with Crippen molar-refractivity contribution in [2.45, 2.75) is 38.2 Å². The number of aryl methyl sites for hydroxylation is 1. The summed E-state index contributed by atoms with van der Waals surface area (Å²) >= 11 is 0. The van der Waals surface area contributed by atoms with Crippen LogP contribution >= 0.6 is 0 Å². The van der Waals surface area contributed by atoms with E-state index in [1.807, 2.05) is 0 Å². The van der Waals surface area contributed by atoms with Gasteiger partial charge in [0.05, 0.1) is 24.9 Å². The Kier molecular flexibility index (Phi) is 5.33. The summed E-state index contributed by atoms with van der Waals surface area (Å²) < 4.78 is 10.8. The van der Waals surface area contributed by atoms with E-state index in [4.69, 9.17) is 15.1 Å². The Morgan fingerprint density at radius 2 is 2.04 bits per heavy atom. The van der Waals surface area contributed by atoms with E-state index in [2.05, 4.69) is 0 Å². The Morgan fingerprint density at radius 3 is 2.64 bits per heavy atom. The summed E-state index contributed by atoms with van der Waals surface area (Å²) in [7, 11) is 0. The second-order valence-corrected chi connectivity index (χ2v) is 7.24. The highest BCUT2D eigenvalue weighted by atomic mass is 16.6. The third-order valence-electron chi connectivity index (χ3n) is 4.79. The van der Waals surface area contributed by atoms with E-state index in [0.717, 1.165) is 0 Å². The molecule has 2 aliphatic rings. The van der Waals surface area contributed by atoms with Crippen LogP contribution in [-0.4, -0.2) is 69.7 Å². The Morgan fingerprint density at radius 1 is 1.36 bits per heavy atom. The molecule has 5 N–H and O–H groups in total. The summed E-state index contributed by atoms with van der Waals surface area (Å²) in [5, 5.41) is 29.1. The number of Topliss-reactive ketones (excluding diaryl/α,β-unsaturated/α-hetero) is 1. The van der Waals surface area contributed by atoms with E-state index in [-0.39, 0.29) is 61.0 Å². The first-order valence-corrected chi connectivity index (χ1v) is 8.96. The molecule has 0 unspecified atom stereocenters. The summed E-state index contributed by atoms with van der Waals surface area (Å²) in [6, 6.07) is 2.20. The molecular formula is C17H22BN2O8-. The molecule has 10 nitrogen and oxygen atoms in total. The lowest BCUT2D eigenvalue weighted by Gasteiger charge is -2.41. The van der Waals surface area contributed by atoms with E-state index in [1.54, 1.807) is 6.07 Å². The van der Waals surface area contributed by atoms with Crippen LogP contribution in [0, 0.1) is 0 Å². The molecule has 3 rings (SSSR count). The van der Waals surface area contributed by atoms with Crippen molar-refractivity contribution < 1.29 is 38.9 Å². The van der Waals surface area contributed by atoms with Gasteiger partial charge in [0.1, 0.15) is 23.2 Å². The van der Waals surface area contributed by atoms with Crippen LogP contribution in [0.5, 0.6) is 11.5 Å². The summed E-state index contributed by atoms with van der Waals surface area (Å²) in [4.78, 5) is 36.4. The maximum absolute atomic E-state index is 12.1. The zero-order valence-electron chi connectivity index (χ0n) is 15.3. The van der Waals surface area contributed by atoms with Crippen LogP contribution in [0.4, 0.5) is 0 Å². The summed E-state index contributed by atoms with van der Waals surface area (Å²) in [6.45, 7) is -1.35. The number of carbonyl (C=O) groups excluding carboxylic acids is 2. The molecule has 0 aromatic heterocycles. The second-order valence-electron chi connectivity index (χ2n) is 7.24. The molecule has 0 saturated carbocycles. The van der Waals surface area contributed by atoms with Crippen molar-refractivity contribution >= 4 is 24.4 Å². The van der Waals surface area contributed by atoms with E-state index in [9.17, 15) is 29.5 Å². The van der Waals surface area contributed by atoms with E-state index < -0.39 is 24.9 Å². The lowest BCUT2D eigenvalue weighted by atomic mass is 9.70. The third-order valence-corrected chi connectivity index (χ3v) is 4.79. The van der Waals surface area contributed by atoms with Crippen LogP contribution in [0.25, 0.3) is 0 Å². The second kappa shape index (κ2) is 7.42. The van der Waals surface area contributed by atoms with Gasteiger partial charge in [-0.15, -0.1) is 0 Å². The number of ketones is 1. The first-order valence-electron chi connectivity index (χ1n) is 8.96. The van der Waals surface area contributed by atoms with Crippen molar-refractivity contribution in [3.05, 3.63) is 23.3 Å². The standard InChI is InChI=1S/C17H22BN2O8/c1-9(21)6-12(19)16(22)20-7-11(8-20)27-13-3-2-10-4-5-18(25,26)28-15(10)14(13)17(23)24/h2-3,11-12,25-26H,4-8,19H2,1H3,(H,23,24)/q-1/t12-/m0/s1. The zero-order valence-corrected chi connectivity index (χ0v) is 15.3. The van der Waals surface area contributed by atoms with Crippen molar-refractivity contribution in [2.24, 2.45) is 5.73 Å². The molecule has 2 aliphatic heterocycles. The van der Waals surface area contributed by atoms with Gasteiger partial charge in [-0.05, 0) is 25.0 Å². The Labute approximate surface area is 160 Å². The smallest absolute Gasteiger partial charge is 0.430 e. The minimum atomic E-state index is -3.12. The molecule has 1 amide bonds. The Balaban J connectivity index is 1.70. The molecule has 0 aliphatic carbocycles. The van der Waals surface area contributed by atoms with Crippen molar-refractivity contribution in [3.8, 4) is 11.5 Å². The number of aromatic carboxylic acids is 1. The predicted molar refractivity (Wildman–Crippen MR) is 97.0 cm³/mol. The minimum Gasteiger partial charge on any atom is -0.669 e. The lowest BCUT2D eigenvalue weighted by Crippen LogP contribution is -2.60. The number of nitrogens with two attached hydrogens (primary N) is 1. The van der Waals surface area contributed by atoms with Crippen molar-refractivity contribution in [1.82, 2.24) is 4.90 Å².